The van der Waals surface area contributed by atoms with Crippen molar-refractivity contribution in [2.45, 2.75) is 13.7 Å². The van der Waals surface area contributed by atoms with Crippen molar-refractivity contribution in [2.24, 2.45) is 0 Å². The minimum Gasteiger partial charge on any atom is -0.494 e. The molecule has 0 spiro atoms. The Labute approximate surface area is 161 Å². The van der Waals surface area contributed by atoms with Crippen molar-refractivity contribution in [2.75, 3.05) is 39.5 Å². The van der Waals surface area contributed by atoms with Crippen LogP contribution in [0.4, 0.5) is 5.69 Å². The first kappa shape index (κ1) is 21.2. The Morgan fingerprint density at radius 3 is 2.29 bits per heavy atom. The lowest BCUT2D eigenvalue weighted by Crippen LogP contribution is -2.38. The molecule has 24 heavy (non-hydrogen) atoms. The lowest BCUT2D eigenvalue weighted by atomic mass is 9.83. The molecule has 1 aromatic rings. The molecule has 9 heteroatoms. The van der Waals surface area contributed by atoms with Gasteiger partial charge in [0.2, 0.25) is 0 Å². The number of hydrogen-bond acceptors (Lipinski definition) is 6. The molecule has 0 aliphatic carbocycles. The van der Waals surface area contributed by atoms with Gasteiger partial charge >= 0.3 is 7.05 Å². The molecule has 1 rings (SSSR count). The van der Waals surface area contributed by atoms with Crippen molar-refractivity contribution >= 4 is 46.9 Å². The topological polar surface area (TPSA) is 60.4 Å². The van der Waals surface area contributed by atoms with E-state index in [1.807, 2.05) is 6.92 Å². The van der Waals surface area contributed by atoms with E-state index < -0.39 is 7.05 Å². The molecule has 0 fully saturated rings. The molecule has 134 valence electrons. The van der Waals surface area contributed by atoms with Crippen LogP contribution >= 0.6 is 34.2 Å². The van der Waals surface area contributed by atoms with Crippen LogP contribution in [0.3, 0.4) is 0 Å². The molecule has 0 heterocycles. The number of nitrogens with zero attached hydrogens (tertiary/aromatic N) is 1. The third kappa shape index (κ3) is 4.62. The SMILES string of the molecule is COCOc1c(I)c(N(CC=CCl)B(C)O)c(OC)c(C)c1OC. The third-order valence-corrected chi connectivity index (χ3v) is 4.55. The van der Waals surface area contributed by atoms with Gasteiger partial charge in [-0.1, -0.05) is 17.7 Å². The van der Waals surface area contributed by atoms with E-state index in [2.05, 4.69) is 22.6 Å². The van der Waals surface area contributed by atoms with Crippen LogP contribution in [0.15, 0.2) is 11.6 Å². The van der Waals surface area contributed by atoms with E-state index in [1.165, 1.54) is 5.54 Å². The fourth-order valence-electron chi connectivity index (χ4n) is 2.34. The second-order valence-electron chi connectivity index (χ2n) is 4.88. The first-order valence-electron chi connectivity index (χ1n) is 7.20. The average Bonchev–Trinajstić information content (AvgIpc) is 2.56. The normalized spacial score (nSPS) is 10.8. The predicted octanol–water partition coefficient (Wildman–Crippen LogP) is 3.27. The van der Waals surface area contributed by atoms with E-state index in [9.17, 15) is 5.02 Å². The Hall–Kier alpha value is -0.835. The molecule has 0 aromatic heterocycles. The number of rotatable bonds is 9. The Morgan fingerprint density at radius 2 is 1.83 bits per heavy atom. The van der Waals surface area contributed by atoms with Crippen LogP contribution in [-0.4, -0.2) is 46.7 Å². The Kier molecular flexibility index (Phi) is 9.03. The minimum absolute atomic E-state index is 0.0772. The summed E-state index contributed by atoms with van der Waals surface area (Å²) in [6.07, 6.45) is 1.74. The Morgan fingerprint density at radius 1 is 1.21 bits per heavy atom. The molecule has 0 radical (unpaired) electrons. The van der Waals surface area contributed by atoms with Crippen molar-refractivity contribution in [3.05, 3.63) is 20.7 Å². The lowest BCUT2D eigenvalue weighted by Gasteiger charge is -2.30. The molecule has 0 unspecified atom stereocenters. The van der Waals surface area contributed by atoms with Gasteiger partial charge in [0.05, 0.1) is 23.5 Å². The van der Waals surface area contributed by atoms with E-state index in [0.29, 0.717) is 29.5 Å². The van der Waals surface area contributed by atoms with Crippen LogP contribution in [0, 0.1) is 10.5 Å². The van der Waals surface area contributed by atoms with Gasteiger partial charge in [0.1, 0.15) is 5.75 Å². The molecule has 6 nitrogen and oxygen atoms in total. The number of methoxy groups -OCH3 is 3. The van der Waals surface area contributed by atoms with Gasteiger partial charge in [-0.05, 0) is 36.3 Å². The minimum atomic E-state index is -0.761. The van der Waals surface area contributed by atoms with E-state index in [0.717, 1.165) is 9.13 Å². The Bertz CT molecular complexity index is 586. The zero-order valence-electron chi connectivity index (χ0n) is 14.4. The standard InChI is InChI=1S/C15H22BClINO5/c1-10-13(22-4)12(19(16(2)20)8-6-7-17)11(18)15(14(10)23-5)24-9-21-3/h6-7,20H,8-9H2,1-5H3. The second kappa shape index (κ2) is 10.2. The smallest absolute Gasteiger partial charge is 0.409 e. The van der Waals surface area contributed by atoms with Gasteiger partial charge in [-0.2, -0.15) is 0 Å². The summed E-state index contributed by atoms with van der Waals surface area (Å²) in [6.45, 7) is 4.03. The quantitative estimate of drug-likeness (QED) is 0.340. The summed E-state index contributed by atoms with van der Waals surface area (Å²) >= 11 is 7.79. The van der Waals surface area contributed by atoms with Gasteiger partial charge in [0.25, 0.3) is 0 Å². The monoisotopic (exact) mass is 469 g/mol. The predicted molar refractivity (Wildman–Crippen MR) is 106 cm³/mol. The fourth-order valence-corrected chi connectivity index (χ4v) is 3.38. The van der Waals surface area contributed by atoms with Crippen molar-refractivity contribution in [3.8, 4) is 17.2 Å². The molecule has 0 aliphatic rings. The summed E-state index contributed by atoms with van der Waals surface area (Å²) in [5.41, 5.74) is 2.88. The van der Waals surface area contributed by atoms with Crippen molar-refractivity contribution in [1.82, 2.24) is 0 Å². The van der Waals surface area contributed by atoms with Crippen LogP contribution in [-0.2, 0) is 4.74 Å². The van der Waals surface area contributed by atoms with Gasteiger partial charge in [0.15, 0.2) is 18.3 Å². The van der Waals surface area contributed by atoms with Crippen LogP contribution in [0.25, 0.3) is 0 Å². The van der Waals surface area contributed by atoms with Gasteiger partial charge in [-0.3, -0.25) is 0 Å². The third-order valence-electron chi connectivity index (χ3n) is 3.37. The zero-order chi connectivity index (χ0) is 18.3. The van der Waals surface area contributed by atoms with Crippen molar-refractivity contribution in [3.63, 3.8) is 0 Å². The van der Waals surface area contributed by atoms with Crippen LogP contribution in [0.2, 0.25) is 6.82 Å². The highest BCUT2D eigenvalue weighted by Gasteiger charge is 2.29. The highest BCUT2D eigenvalue weighted by molar-refractivity contribution is 14.1. The second-order valence-corrected chi connectivity index (χ2v) is 6.21. The van der Waals surface area contributed by atoms with E-state index in [-0.39, 0.29) is 6.79 Å². The van der Waals surface area contributed by atoms with Crippen molar-refractivity contribution in [1.29, 1.82) is 0 Å². The zero-order valence-corrected chi connectivity index (χ0v) is 17.3. The van der Waals surface area contributed by atoms with Gasteiger partial charge in [-0.15, -0.1) is 0 Å². The van der Waals surface area contributed by atoms with Crippen LogP contribution in [0.1, 0.15) is 5.56 Å². The average molecular weight is 470 g/mol. The fraction of sp³-hybridized carbons (Fsp3) is 0.467. The maximum Gasteiger partial charge on any atom is 0.409 e. The summed E-state index contributed by atoms with van der Waals surface area (Å²) < 4.78 is 22.5. The molecule has 1 aromatic carbocycles. The first-order chi connectivity index (χ1) is 11.4. The van der Waals surface area contributed by atoms with E-state index >= 15 is 0 Å². The number of hydrogen-bond donors (Lipinski definition) is 1. The number of ether oxygens (including phenoxy) is 4. The Balaban J connectivity index is 3.63. The molecule has 0 bridgehead atoms. The van der Waals surface area contributed by atoms with Crippen LogP contribution < -0.4 is 19.0 Å². The van der Waals surface area contributed by atoms with Gasteiger partial charge < -0.3 is 28.8 Å². The summed E-state index contributed by atoms with van der Waals surface area (Å²) in [6, 6.07) is 0. The van der Waals surface area contributed by atoms with Crippen molar-refractivity contribution < 1.29 is 24.0 Å². The number of halogens is 2. The molecule has 0 aliphatic heterocycles. The highest BCUT2D eigenvalue weighted by atomic mass is 127. The molecule has 0 saturated carbocycles. The maximum absolute atomic E-state index is 10.2. The summed E-state index contributed by atoms with van der Waals surface area (Å²) in [5, 5.41) is 10.2. The summed E-state index contributed by atoms with van der Waals surface area (Å²) in [7, 11) is 3.93. The van der Waals surface area contributed by atoms with Gasteiger partial charge in [0, 0.05) is 24.8 Å². The summed E-state index contributed by atoms with van der Waals surface area (Å²) in [5.74, 6) is 1.70. The number of benzene rings is 1. The largest absolute Gasteiger partial charge is 0.494 e. The molecule has 0 saturated heterocycles. The molecular formula is C15H22BClINO5. The number of anilines is 1. The molecule has 0 amide bonds. The molecule has 0 atom stereocenters. The van der Waals surface area contributed by atoms with E-state index in [4.69, 9.17) is 30.5 Å². The lowest BCUT2D eigenvalue weighted by molar-refractivity contribution is 0.0484. The summed E-state index contributed by atoms with van der Waals surface area (Å²) in [4.78, 5) is 1.76. The van der Waals surface area contributed by atoms with Crippen LogP contribution in [0.5, 0.6) is 17.2 Å². The molecule has 1 N–H and O–H groups in total. The van der Waals surface area contributed by atoms with Gasteiger partial charge in [-0.25, -0.2) is 0 Å². The van der Waals surface area contributed by atoms with E-state index in [1.54, 1.807) is 39.0 Å². The highest BCUT2D eigenvalue weighted by Crippen LogP contribution is 2.49. The first-order valence-corrected chi connectivity index (χ1v) is 8.71. The molecular weight excluding hydrogens is 447 g/mol. The maximum atomic E-state index is 10.2.